The van der Waals surface area contributed by atoms with E-state index in [-0.39, 0.29) is 0 Å². The van der Waals surface area contributed by atoms with Crippen molar-refractivity contribution in [3.8, 4) is 22.8 Å². The summed E-state index contributed by atoms with van der Waals surface area (Å²) in [6.45, 7) is 24.5. The first-order chi connectivity index (χ1) is 19.6. The molecule has 0 spiro atoms. The average molecular weight is 588 g/mol. The minimum absolute atomic E-state index is 0.411. The Labute approximate surface area is 257 Å². The average Bonchev–Trinajstić information content (AvgIpc) is 3.26. The lowest BCUT2D eigenvalue weighted by atomic mass is 9.63. The molecule has 0 radical (unpaired) electrons. The molecule has 1 N–H and O–H groups in total. The van der Waals surface area contributed by atoms with Crippen LogP contribution in [0.4, 0.5) is 11.4 Å². The molecule has 2 aromatic heterocycles. The number of aryl methyl sites for hydroxylation is 1. The van der Waals surface area contributed by atoms with Crippen LogP contribution >= 0.6 is 0 Å². The number of benzene rings is 2. The van der Waals surface area contributed by atoms with Crippen molar-refractivity contribution in [3.05, 3.63) is 55.0 Å². The Morgan fingerprint density at radius 1 is 0.721 bits per heavy atom. The van der Waals surface area contributed by atoms with Gasteiger partial charge in [0.25, 0.3) is 0 Å². The standard InChI is InChI=1S/C35H49N5O3/c1-31(2,3)42-26-16-25(17-27(19-26)43-32(4,5)6)40(34(9,10)33(7,8)35(11,12)41)24-14-15-28-29(18-24)38-30(21-36-28)23-20-37-39(13)22-23/h14-22,41H,1-13H3. The van der Waals surface area contributed by atoms with Gasteiger partial charge in [0.1, 0.15) is 22.7 Å². The molecule has 0 unspecified atom stereocenters. The summed E-state index contributed by atoms with van der Waals surface area (Å²) in [6, 6.07) is 12.2. The van der Waals surface area contributed by atoms with Gasteiger partial charge in [0.15, 0.2) is 0 Å². The Morgan fingerprint density at radius 2 is 1.30 bits per heavy atom. The maximum absolute atomic E-state index is 11.5. The zero-order valence-electron chi connectivity index (χ0n) is 28.2. The third-order valence-electron chi connectivity index (χ3n) is 8.37. The summed E-state index contributed by atoms with van der Waals surface area (Å²) in [7, 11) is 1.88. The van der Waals surface area contributed by atoms with Crippen LogP contribution in [0.3, 0.4) is 0 Å². The molecular weight excluding hydrogens is 538 g/mol. The predicted octanol–water partition coefficient (Wildman–Crippen LogP) is 8.10. The molecule has 2 heterocycles. The Bertz CT molecular complexity index is 1570. The molecule has 232 valence electrons. The van der Waals surface area contributed by atoms with Crippen molar-refractivity contribution >= 4 is 22.4 Å². The first-order valence-corrected chi connectivity index (χ1v) is 14.9. The molecule has 0 bridgehead atoms. The smallest absolute Gasteiger partial charge is 0.125 e. The summed E-state index contributed by atoms with van der Waals surface area (Å²) in [5.41, 5.74) is 1.94. The van der Waals surface area contributed by atoms with E-state index in [1.807, 2.05) is 92.9 Å². The number of rotatable bonds is 8. The van der Waals surface area contributed by atoms with Gasteiger partial charge in [-0.2, -0.15) is 5.10 Å². The molecule has 0 fully saturated rings. The summed E-state index contributed by atoms with van der Waals surface area (Å²) in [6.07, 6.45) is 5.50. The van der Waals surface area contributed by atoms with E-state index in [0.29, 0.717) is 11.5 Å². The summed E-state index contributed by atoms with van der Waals surface area (Å²) < 4.78 is 14.6. The number of nitrogens with zero attached hydrogens (tertiary/aromatic N) is 5. The van der Waals surface area contributed by atoms with Crippen molar-refractivity contribution in [2.24, 2.45) is 12.5 Å². The topological polar surface area (TPSA) is 85.5 Å². The van der Waals surface area contributed by atoms with E-state index >= 15 is 0 Å². The Kier molecular flexibility index (Phi) is 8.11. The fourth-order valence-corrected chi connectivity index (χ4v) is 5.16. The van der Waals surface area contributed by atoms with E-state index in [4.69, 9.17) is 19.4 Å². The van der Waals surface area contributed by atoms with Crippen molar-refractivity contribution in [2.45, 2.75) is 105 Å². The molecule has 0 amide bonds. The van der Waals surface area contributed by atoms with Crippen LogP contribution in [0.1, 0.15) is 83.1 Å². The number of aliphatic hydroxyl groups is 1. The number of hydrogen-bond donors (Lipinski definition) is 1. The van der Waals surface area contributed by atoms with E-state index < -0.39 is 27.8 Å². The summed E-state index contributed by atoms with van der Waals surface area (Å²) >= 11 is 0. The first kappa shape index (κ1) is 32.3. The van der Waals surface area contributed by atoms with E-state index in [9.17, 15) is 5.11 Å². The van der Waals surface area contributed by atoms with Crippen molar-refractivity contribution in [1.82, 2.24) is 19.7 Å². The van der Waals surface area contributed by atoms with Crippen molar-refractivity contribution in [3.63, 3.8) is 0 Å². The second-order valence-corrected chi connectivity index (χ2v) is 15.0. The number of anilines is 2. The molecule has 4 aromatic rings. The SMILES string of the molecule is Cn1cc(-c2cnc3ccc(N(c4cc(OC(C)(C)C)cc(OC(C)(C)C)c4)C(C)(C)C(C)(C)C(C)(C)O)cc3n2)cn1. The van der Waals surface area contributed by atoms with Gasteiger partial charge in [0.2, 0.25) is 0 Å². The van der Waals surface area contributed by atoms with Gasteiger partial charge in [-0.05, 0) is 87.4 Å². The number of hydrogen-bond acceptors (Lipinski definition) is 7. The molecule has 0 saturated carbocycles. The molecule has 43 heavy (non-hydrogen) atoms. The van der Waals surface area contributed by atoms with Crippen LogP contribution in [-0.4, -0.2) is 47.2 Å². The highest BCUT2D eigenvalue weighted by Crippen LogP contribution is 2.50. The Hall–Kier alpha value is -3.65. The van der Waals surface area contributed by atoms with Crippen molar-refractivity contribution < 1.29 is 14.6 Å². The quantitative estimate of drug-likeness (QED) is 0.223. The van der Waals surface area contributed by atoms with Crippen LogP contribution in [0.5, 0.6) is 11.5 Å². The molecule has 8 nitrogen and oxygen atoms in total. The normalized spacial score (nSPS) is 13.3. The van der Waals surface area contributed by atoms with Crippen LogP contribution in [0.2, 0.25) is 0 Å². The lowest BCUT2D eigenvalue weighted by Gasteiger charge is -2.55. The van der Waals surface area contributed by atoms with E-state index in [2.05, 4.69) is 49.8 Å². The van der Waals surface area contributed by atoms with Crippen molar-refractivity contribution in [1.29, 1.82) is 0 Å². The zero-order valence-corrected chi connectivity index (χ0v) is 28.2. The summed E-state index contributed by atoms with van der Waals surface area (Å²) in [5, 5.41) is 15.8. The largest absolute Gasteiger partial charge is 0.488 e. The minimum atomic E-state index is -1.01. The molecule has 0 saturated heterocycles. The number of ether oxygens (including phenoxy) is 2. The minimum Gasteiger partial charge on any atom is -0.488 e. The van der Waals surface area contributed by atoms with E-state index in [1.165, 1.54) is 0 Å². The van der Waals surface area contributed by atoms with Crippen LogP contribution in [0, 0.1) is 5.41 Å². The molecule has 4 rings (SSSR count). The van der Waals surface area contributed by atoms with Gasteiger partial charge in [0, 0.05) is 59.3 Å². The van der Waals surface area contributed by atoms with Gasteiger partial charge in [-0.3, -0.25) is 9.67 Å². The van der Waals surface area contributed by atoms with Gasteiger partial charge in [-0.1, -0.05) is 13.8 Å². The molecule has 0 atom stereocenters. The Balaban J connectivity index is 1.99. The molecule has 0 aliphatic rings. The van der Waals surface area contributed by atoms with Gasteiger partial charge >= 0.3 is 0 Å². The second kappa shape index (κ2) is 10.8. The first-order valence-electron chi connectivity index (χ1n) is 14.9. The molecule has 8 heteroatoms. The Morgan fingerprint density at radius 3 is 1.79 bits per heavy atom. The maximum atomic E-state index is 11.5. The van der Waals surface area contributed by atoms with Crippen molar-refractivity contribution in [2.75, 3.05) is 4.90 Å². The molecule has 0 aliphatic heterocycles. The van der Waals surface area contributed by atoms with Crippen LogP contribution in [0.25, 0.3) is 22.3 Å². The van der Waals surface area contributed by atoms with Crippen LogP contribution in [0.15, 0.2) is 55.0 Å². The fourth-order valence-electron chi connectivity index (χ4n) is 5.16. The van der Waals surface area contributed by atoms with Gasteiger partial charge in [0.05, 0.1) is 34.7 Å². The highest BCUT2D eigenvalue weighted by molar-refractivity contribution is 5.83. The monoisotopic (exact) mass is 587 g/mol. The fraction of sp³-hybridized carbons (Fsp3) is 0.514. The molecule has 0 aliphatic carbocycles. The van der Waals surface area contributed by atoms with Gasteiger partial charge in [-0.25, -0.2) is 4.98 Å². The summed E-state index contributed by atoms with van der Waals surface area (Å²) in [4.78, 5) is 11.9. The van der Waals surface area contributed by atoms with Gasteiger partial charge in [-0.15, -0.1) is 0 Å². The lowest BCUT2D eigenvalue weighted by molar-refractivity contribution is -0.0696. The van der Waals surface area contributed by atoms with E-state index in [1.54, 1.807) is 17.1 Å². The number of fused-ring (bicyclic) bond motifs is 1. The number of aromatic nitrogens is 4. The van der Waals surface area contributed by atoms with E-state index in [0.717, 1.165) is 33.7 Å². The van der Waals surface area contributed by atoms with Gasteiger partial charge < -0.3 is 19.5 Å². The highest BCUT2D eigenvalue weighted by Gasteiger charge is 2.51. The second-order valence-electron chi connectivity index (χ2n) is 15.0. The van der Waals surface area contributed by atoms with Crippen LogP contribution in [-0.2, 0) is 7.05 Å². The highest BCUT2D eigenvalue weighted by atomic mass is 16.5. The third-order valence-corrected chi connectivity index (χ3v) is 8.37. The third kappa shape index (κ3) is 6.96. The zero-order chi connectivity index (χ0) is 32.2. The van der Waals surface area contributed by atoms with Crippen LogP contribution < -0.4 is 14.4 Å². The molecule has 2 aromatic carbocycles. The maximum Gasteiger partial charge on any atom is 0.125 e. The molecular formula is C35H49N5O3. The lowest BCUT2D eigenvalue weighted by Crippen LogP contribution is -2.60. The predicted molar refractivity (Wildman–Crippen MR) is 175 cm³/mol. The summed E-state index contributed by atoms with van der Waals surface area (Å²) in [5.74, 6) is 1.40.